The molecule has 0 aromatic carbocycles. The van der Waals surface area contributed by atoms with E-state index in [1.165, 1.54) is 43.3 Å². The van der Waals surface area contributed by atoms with Gasteiger partial charge in [-0.25, -0.2) is 0 Å². The summed E-state index contributed by atoms with van der Waals surface area (Å²) in [5.74, 6) is 5.58. The van der Waals surface area contributed by atoms with Gasteiger partial charge >= 0.3 is 0 Å². The van der Waals surface area contributed by atoms with Crippen LogP contribution in [-0.4, -0.2) is 0 Å². The molecule has 296 valence electrons. The van der Waals surface area contributed by atoms with Crippen molar-refractivity contribution in [2.45, 2.75) is 57.8 Å². The van der Waals surface area contributed by atoms with Crippen molar-refractivity contribution in [2.75, 3.05) is 0 Å². The van der Waals surface area contributed by atoms with Crippen LogP contribution in [0.5, 0.6) is 0 Å². The van der Waals surface area contributed by atoms with E-state index in [1.807, 2.05) is 0 Å². The summed E-state index contributed by atoms with van der Waals surface area (Å²) in [4.78, 5) is 0. The van der Waals surface area contributed by atoms with Crippen molar-refractivity contribution in [3.05, 3.63) is 237 Å². The number of rotatable bonds is 3. The molecule has 13 aliphatic rings. The molecule has 0 fully saturated rings. The van der Waals surface area contributed by atoms with Crippen LogP contribution in [0, 0.1) is 65.1 Å². The Morgan fingerprint density at radius 3 is 1.78 bits per heavy atom. The van der Waals surface area contributed by atoms with Gasteiger partial charge in [-0.2, -0.15) is 0 Å². The van der Waals surface area contributed by atoms with Crippen LogP contribution in [0.2, 0.25) is 0 Å². The molecular weight excluding hydrogens is 721 g/mol. The number of fused-ring (bicyclic) bond motifs is 15. The van der Waals surface area contributed by atoms with Gasteiger partial charge in [0.2, 0.25) is 0 Å². The Kier molecular flexibility index (Phi) is 8.41. The fraction of sp³-hybridized carbons (Fsp3) is 0.333. The summed E-state index contributed by atoms with van der Waals surface area (Å²) in [7, 11) is 0. The monoisotopic (exact) mass is 776 g/mol. The summed E-state index contributed by atoms with van der Waals surface area (Å²) >= 11 is 0. The average Bonchev–Trinajstić information content (AvgIpc) is 3.33. The van der Waals surface area contributed by atoms with Crippen molar-refractivity contribution in [3.8, 4) is 0 Å². The third-order valence-electron chi connectivity index (χ3n) is 17.0. The first-order chi connectivity index (χ1) is 29.7. The van der Waals surface area contributed by atoms with Gasteiger partial charge in [-0.1, -0.05) is 164 Å². The zero-order valence-electron chi connectivity index (χ0n) is 34.8. The standard InChI is InChI=1S/C60H56/c1-4-19-49-43(13-1)46-16-7-10-22-52(46)58-34-37(25-28-55(49)58)40-31-41(38-26-29-56-50-20-5-2-14-44(50)47-17-8-11-23-53(47)59(56)35-38)33-42(32-40)39-27-30-57-51-21-6-3-15-45(51)48-18-9-12-24-54(48)60(57)36-39/h1-5,7,9-15,18-19,22-32,35,37,41,43,46,48-50,54,56,59-60H,6,8,16-17,20-21,33-34,36H2. The third kappa shape index (κ3) is 5.55. The minimum atomic E-state index is 0.369. The van der Waals surface area contributed by atoms with Crippen molar-refractivity contribution >= 4 is 0 Å². The second-order valence-electron chi connectivity index (χ2n) is 19.8. The van der Waals surface area contributed by atoms with Crippen molar-refractivity contribution < 1.29 is 0 Å². The van der Waals surface area contributed by atoms with E-state index in [1.54, 1.807) is 61.3 Å². The average molecular weight is 777 g/mol. The van der Waals surface area contributed by atoms with E-state index in [4.69, 9.17) is 0 Å². The summed E-state index contributed by atoms with van der Waals surface area (Å²) in [5, 5.41) is 0. The number of hydrogen-bond acceptors (Lipinski definition) is 0. The molecule has 0 saturated carbocycles. The van der Waals surface area contributed by atoms with E-state index < -0.39 is 0 Å². The lowest BCUT2D eigenvalue weighted by Crippen LogP contribution is -2.34. The fourth-order valence-electron chi connectivity index (χ4n) is 14.3. The molecule has 11 atom stereocenters. The summed E-state index contributed by atoms with van der Waals surface area (Å²) in [6.45, 7) is 0. The van der Waals surface area contributed by atoms with Crippen LogP contribution >= 0.6 is 0 Å². The maximum absolute atomic E-state index is 2.75. The molecule has 11 unspecified atom stereocenters. The Bertz CT molecular complexity index is 2610. The highest BCUT2D eigenvalue weighted by atomic mass is 14.5. The van der Waals surface area contributed by atoms with E-state index in [0.29, 0.717) is 65.1 Å². The Morgan fingerprint density at radius 1 is 0.400 bits per heavy atom. The molecule has 0 radical (unpaired) electrons. The molecule has 0 amide bonds. The van der Waals surface area contributed by atoms with E-state index in [9.17, 15) is 0 Å². The molecule has 0 heterocycles. The highest BCUT2D eigenvalue weighted by Gasteiger charge is 2.44. The lowest BCUT2D eigenvalue weighted by molar-refractivity contribution is 0.364. The van der Waals surface area contributed by atoms with E-state index in [0.717, 1.165) is 25.7 Å². The molecule has 0 nitrogen and oxygen atoms in total. The predicted molar refractivity (Wildman–Crippen MR) is 249 cm³/mol. The van der Waals surface area contributed by atoms with Gasteiger partial charge in [0.05, 0.1) is 0 Å². The smallest absolute Gasteiger partial charge is 0.00956 e. The van der Waals surface area contributed by atoms with Crippen LogP contribution in [0.15, 0.2) is 237 Å². The third-order valence-corrected chi connectivity index (χ3v) is 17.0. The summed E-state index contributed by atoms with van der Waals surface area (Å²) < 4.78 is 0. The lowest BCUT2D eigenvalue weighted by Gasteiger charge is -2.45. The normalized spacial score (nSPS) is 38.4. The zero-order chi connectivity index (χ0) is 39.3. The van der Waals surface area contributed by atoms with Crippen molar-refractivity contribution in [3.63, 3.8) is 0 Å². The summed E-state index contributed by atoms with van der Waals surface area (Å²) in [6, 6.07) is 0. The van der Waals surface area contributed by atoms with Gasteiger partial charge in [0.1, 0.15) is 0 Å². The fourth-order valence-corrected chi connectivity index (χ4v) is 14.3. The topological polar surface area (TPSA) is 0 Å². The van der Waals surface area contributed by atoms with Crippen LogP contribution in [0.4, 0.5) is 0 Å². The molecule has 0 bridgehead atoms. The van der Waals surface area contributed by atoms with Gasteiger partial charge in [-0.15, -0.1) is 0 Å². The number of hydrogen-bond donors (Lipinski definition) is 0. The highest BCUT2D eigenvalue weighted by Crippen LogP contribution is 2.56. The first-order valence-corrected chi connectivity index (χ1v) is 23.6. The maximum Gasteiger partial charge on any atom is 0.00956 e. The van der Waals surface area contributed by atoms with Gasteiger partial charge < -0.3 is 0 Å². The van der Waals surface area contributed by atoms with Crippen molar-refractivity contribution in [1.29, 1.82) is 0 Å². The molecule has 0 N–H and O–H groups in total. The second-order valence-corrected chi connectivity index (χ2v) is 19.8. The van der Waals surface area contributed by atoms with Crippen LogP contribution in [0.1, 0.15) is 57.8 Å². The lowest BCUT2D eigenvalue weighted by atomic mass is 9.59. The van der Waals surface area contributed by atoms with E-state index in [2.05, 4.69) is 164 Å². The highest BCUT2D eigenvalue weighted by molar-refractivity contribution is 5.61. The number of allylic oxidation sites excluding steroid dienone is 40. The Labute approximate surface area is 357 Å². The molecule has 0 heteroatoms. The molecular formula is C60H56. The molecule has 0 spiro atoms. The minimum absolute atomic E-state index is 0.369. The van der Waals surface area contributed by atoms with Crippen LogP contribution < -0.4 is 0 Å². The van der Waals surface area contributed by atoms with Gasteiger partial charge in [0.25, 0.3) is 0 Å². The SMILES string of the molecule is C1=CCC2C(=C1)C1=C(C=CCC1)C1C=C(C3C=C(C4C=CC5=C(C4)C4=CC=CCC4C4C=CC=CC54)C=C(C4=CC=C5C6=C(C=CCC6)C6C=CC=CC6C5C4)C3)C=CC12. The Morgan fingerprint density at radius 2 is 1.03 bits per heavy atom. The van der Waals surface area contributed by atoms with Crippen molar-refractivity contribution in [1.82, 2.24) is 0 Å². The molecule has 60 heavy (non-hydrogen) atoms. The van der Waals surface area contributed by atoms with Crippen LogP contribution in [0.3, 0.4) is 0 Å². The molecule has 0 aromatic heterocycles. The summed E-state index contributed by atoms with van der Waals surface area (Å²) in [5.41, 5.74) is 20.8. The van der Waals surface area contributed by atoms with Gasteiger partial charge in [-0.3, -0.25) is 0 Å². The van der Waals surface area contributed by atoms with Gasteiger partial charge in [-0.05, 0) is 166 Å². The van der Waals surface area contributed by atoms with Gasteiger partial charge in [0, 0.05) is 29.6 Å². The van der Waals surface area contributed by atoms with Crippen LogP contribution in [-0.2, 0) is 0 Å². The maximum atomic E-state index is 2.75. The molecule has 13 aliphatic carbocycles. The molecule has 13 rings (SSSR count). The minimum Gasteiger partial charge on any atom is -0.0839 e. The first-order valence-electron chi connectivity index (χ1n) is 23.6. The quantitative estimate of drug-likeness (QED) is 0.268. The summed E-state index contributed by atoms with van der Waals surface area (Å²) in [6.07, 6.45) is 77.5. The van der Waals surface area contributed by atoms with E-state index in [-0.39, 0.29) is 0 Å². The van der Waals surface area contributed by atoms with Crippen molar-refractivity contribution in [2.24, 2.45) is 65.1 Å². The Hall–Kier alpha value is -5.20. The molecule has 0 saturated heterocycles. The van der Waals surface area contributed by atoms with E-state index >= 15 is 0 Å². The first kappa shape index (κ1) is 35.5. The second kappa shape index (κ2) is 14.2. The molecule has 0 aliphatic heterocycles. The zero-order valence-corrected chi connectivity index (χ0v) is 34.8. The predicted octanol–water partition coefficient (Wildman–Crippen LogP) is 14.4. The van der Waals surface area contributed by atoms with Crippen LogP contribution in [0.25, 0.3) is 0 Å². The van der Waals surface area contributed by atoms with Gasteiger partial charge in [0.15, 0.2) is 0 Å². The molecule has 0 aromatic rings. The largest absolute Gasteiger partial charge is 0.0839 e. The Balaban J connectivity index is 0.895.